The van der Waals surface area contributed by atoms with Crippen LogP contribution in [0.1, 0.15) is 30.1 Å². The summed E-state index contributed by atoms with van der Waals surface area (Å²) < 4.78 is 15.8. The fraction of sp³-hybridized carbons (Fsp3) is 0.423. The molecule has 0 atom stereocenters. The van der Waals surface area contributed by atoms with Crippen LogP contribution in [0.2, 0.25) is 0 Å². The van der Waals surface area contributed by atoms with Crippen LogP contribution in [0.5, 0.6) is 11.5 Å². The normalized spacial score (nSPS) is 13.5. The molecular formula is C26H33N3O6. The highest BCUT2D eigenvalue weighted by atomic mass is 16.6. The Hall–Kier alpha value is -3.59. The number of para-hydroxylation sites is 2. The minimum Gasteiger partial charge on any atom is -0.497 e. The molecule has 1 aliphatic heterocycles. The molecule has 1 heterocycles. The van der Waals surface area contributed by atoms with Gasteiger partial charge in [0.15, 0.2) is 6.61 Å². The van der Waals surface area contributed by atoms with Gasteiger partial charge in [-0.25, -0.2) is 4.79 Å². The summed E-state index contributed by atoms with van der Waals surface area (Å²) >= 11 is 0. The predicted molar refractivity (Wildman–Crippen MR) is 132 cm³/mol. The Balaban J connectivity index is 1.81. The van der Waals surface area contributed by atoms with E-state index in [9.17, 15) is 14.4 Å². The molecule has 2 N–H and O–H groups in total. The number of ether oxygens (including phenoxy) is 3. The van der Waals surface area contributed by atoms with E-state index in [1.165, 1.54) is 4.90 Å². The third-order valence-electron chi connectivity index (χ3n) is 5.74. The first-order chi connectivity index (χ1) is 17.0. The zero-order valence-electron chi connectivity index (χ0n) is 20.2. The highest BCUT2D eigenvalue weighted by Gasteiger charge is 2.25. The number of nitrogens with zero attached hydrogens (tertiary/aromatic N) is 1. The number of carbonyl (C=O) groups excluding carboxylic acids is 3. The van der Waals surface area contributed by atoms with E-state index in [4.69, 9.17) is 14.2 Å². The Morgan fingerprint density at radius 2 is 1.77 bits per heavy atom. The van der Waals surface area contributed by atoms with Gasteiger partial charge in [0.2, 0.25) is 5.91 Å². The van der Waals surface area contributed by atoms with Crippen LogP contribution in [-0.4, -0.2) is 64.3 Å². The number of hydrogen-bond donors (Lipinski definition) is 2. The van der Waals surface area contributed by atoms with Gasteiger partial charge in [0.05, 0.1) is 19.4 Å². The fourth-order valence-corrected chi connectivity index (χ4v) is 3.84. The van der Waals surface area contributed by atoms with E-state index in [2.05, 4.69) is 10.6 Å². The van der Waals surface area contributed by atoms with E-state index in [1.807, 2.05) is 0 Å². The van der Waals surface area contributed by atoms with Gasteiger partial charge in [-0.15, -0.1) is 0 Å². The van der Waals surface area contributed by atoms with Gasteiger partial charge in [0.25, 0.3) is 5.91 Å². The number of carbonyl (C=O) groups is 3. The molecule has 1 saturated heterocycles. The van der Waals surface area contributed by atoms with Gasteiger partial charge >= 0.3 is 5.97 Å². The molecular weight excluding hydrogens is 450 g/mol. The smallest absolute Gasteiger partial charge is 0.344 e. The molecule has 1 aliphatic rings. The van der Waals surface area contributed by atoms with Crippen molar-refractivity contribution in [2.75, 3.05) is 51.4 Å². The number of methoxy groups -OCH3 is 1. The van der Waals surface area contributed by atoms with E-state index < -0.39 is 5.97 Å². The molecule has 35 heavy (non-hydrogen) atoms. The van der Waals surface area contributed by atoms with E-state index in [0.29, 0.717) is 35.2 Å². The highest BCUT2D eigenvalue weighted by Crippen LogP contribution is 2.29. The first-order valence-corrected chi connectivity index (χ1v) is 11.8. The van der Waals surface area contributed by atoms with Crippen LogP contribution in [0, 0.1) is 5.92 Å². The Bertz CT molecular complexity index is 989. The topological polar surface area (TPSA) is 106 Å². The molecule has 1 fully saturated rings. The van der Waals surface area contributed by atoms with Crippen molar-refractivity contribution in [1.29, 1.82) is 0 Å². The Labute approximate surface area is 205 Å². The van der Waals surface area contributed by atoms with Crippen LogP contribution in [0.15, 0.2) is 48.5 Å². The highest BCUT2D eigenvalue weighted by molar-refractivity contribution is 6.09. The average molecular weight is 484 g/mol. The second kappa shape index (κ2) is 13.3. The molecule has 188 valence electrons. The van der Waals surface area contributed by atoms with Gasteiger partial charge < -0.3 is 24.8 Å². The summed E-state index contributed by atoms with van der Waals surface area (Å²) in [6.07, 6.45) is 2.00. The monoisotopic (exact) mass is 483 g/mol. The lowest BCUT2D eigenvalue weighted by Gasteiger charge is -2.26. The Morgan fingerprint density at radius 3 is 2.46 bits per heavy atom. The summed E-state index contributed by atoms with van der Waals surface area (Å²) in [6, 6.07) is 13.5. The van der Waals surface area contributed by atoms with Gasteiger partial charge in [-0.2, -0.15) is 0 Å². The first-order valence-electron chi connectivity index (χ1n) is 11.8. The van der Waals surface area contributed by atoms with Crippen molar-refractivity contribution in [1.82, 2.24) is 10.6 Å². The summed E-state index contributed by atoms with van der Waals surface area (Å²) in [6.45, 7) is 3.88. The van der Waals surface area contributed by atoms with Crippen LogP contribution in [-0.2, 0) is 14.3 Å². The number of nitrogens with one attached hydrogen (secondary N) is 2. The van der Waals surface area contributed by atoms with Crippen molar-refractivity contribution in [2.24, 2.45) is 5.92 Å². The summed E-state index contributed by atoms with van der Waals surface area (Å²) in [5.41, 5.74) is 0.770. The summed E-state index contributed by atoms with van der Waals surface area (Å²) in [5.74, 6) is 0.156. The van der Waals surface area contributed by atoms with Crippen LogP contribution in [0.4, 0.5) is 5.69 Å². The van der Waals surface area contributed by atoms with Gasteiger partial charge in [0, 0.05) is 12.1 Å². The third-order valence-corrected chi connectivity index (χ3v) is 5.74. The summed E-state index contributed by atoms with van der Waals surface area (Å²) in [5, 5.41) is 6.28. The van der Waals surface area contributed by atoms with Crippen LogP contribution < -0.4 is 25.0 Å². The predicted octanol–water partition coefficient (Wildman–Crippen LogP) is 2.40. The second-order valence-electron chi connectivity index (χ2n) is 8.18. The molecule has 0 radical (unpaired) electrons. The van der Waals surface area contributed by atoms with Crippen molar-refractivity contribution in [3.63, 3.8) is 0 Å². The Morgan fingerprint density at radius 1 is 1.06 bits per heavy atom. The van der Waals surface area contributed by atoms with Crippen LogP contribution in [0.3, 0.4) is 0 Å². The second-order valence-corrected chi connectivity index (χ2v) is 8.18. The van der Waals surface area contributed by atoms with Crippen molar-refractivity contribution in [3.05, 3.63) is 54.1 Å². The molecule has 0 aliphatic carbocycles. The van der Waals surface area contributed by atoms with Crippen LogP contribution in [0.25, 0.3) is 0 Å². The number of esters is 1. The van der Waals surface area contributed by atoms with Gasteiger partial charge in [-0.1, -0.05) is 12.1 Å². The number of hydrogen-bond acceptors (Lipinski definition) is 7. The minimum atomic E-state index is -0.518. The number of anilines is 1. The van der Waals surface area contributed by atoms with Crippen molar-refractivity contribution in [2.45, 2.75) is 19.8 Å². The van der Waals surface area contributed by atoms with E-state index >= 15 is 0 Å². The van der Waals surface area contributed by atoms with E-state index in [1.54, 1.807) is 62.6 Å². The molecule has 2 aromatic carbocycles. The molecule has 0 aromatic heterocycles. The van der Waals surface area contributed by atoms with Gasteiger partial charge in [-0.05, 0) is 75.2 Å². The van der Waals surface area contributed by atoms with Crippen molar-refractivity contribution in [3.8, 4) is 11.5 Å². The fourth-order valence-electron chi connectivity index (χ4n) is 3.84. The number of piperidine rings is 1. The zero-order chi connectivity index (χ0) is 25.0. The zero-order valence-corrected chi connectivity index (χ0v) is 20.2. The maximum absolute atomic E-state index is 13.5. The molecule has 0 bridgehead atoms. The standard InChI is InChI=1S/C26H33N3O6/c1-3-34-25(31)18-35-23-7-5-4-6-22(23)29(26(32)20-8-10-21(33-2)11-9-20)17-24(30)28-16-19-12-14-27-15-13-19/h4-11,19,27H,3,12-18H2,1-2H3,(H,28,30). The quantitative estimate of drug-likeness (QED) is 0.473. The number of rotatable bonds is 11. The summed E-state index contributed by atoms with van der Waals surface area (Å²) in [7, 11) is 1.55. The van der Waals surface area contributed by atoms with E-state index in [-0.39, 0.29) is 31.6 Å². The van der Waals surface area contributed by atoms with Crippen LogP contribution >= 0.6 is 0 Å². The maximum Gasteiger partial charge on any atom is 0.344 e. The average Bonchev–Trinajstić information content (AvgIpc) is 2.90. The number of amides is 2. The third kappa shape index (κ3) is 7.71. The molecule has 9 nitrogen and oxygen atoms in total. The Kier molecular flexibility index (Phi) is 9.92. The lowest BCUT2D eigenvalue weighted by Crippen LogP contribution is -2.43. The lowest BCUT2D eigenvalue weighted by molar-refractivity contribution is -0.145. The molecule has 0 spiro atoms. The van der Waals surface area contributed by atoms with Crippen molar-refractivity contribution >= 4 is 23.5 Å². The largest absolute Gasteiger partial charge is 0.497 e. The molecule has 9 heteroatoms. The number of benzene rings is 2. The van der Waals surface area contributed by atoms with E-state index in [0.717, 1.165) is 25.9 Å². The molecule has 3 rings (SSSR count). The first kappa shape index (κ1) is 26.0. The maximum atomic E-state index is 13.5. The summed E-state index contributed by atoms with van der Waals surface area (Å²) in [4.78, 5) is 39.6. The molecule has 0 unspecified atom stereocenters. The molecule has 2 amide bonds. The minimum absolute atomic E-state index is 0.199. The lowest BCUT2D eigenvalue weighted by atomic mass is 9.98. The van der Waals surface area contributed by atoms with Gasteiger partial charge in [0.1, 0.15) is 18.0 Å². The van der Waals surface area contributed by atoms with Crippen molar-refractivity contribution < 1.29 is 28.6 Å². The molecule has 0 saturated carbocycles. The molecule has 2 aromatic rings. The SMILES string of the molecule is CCOC(=O)COc1ccccc1N(CC(=O)NCC1CCNCC1)C(=O)c1ccc(OC)cc1. The van der Waals surface area contributed by atoms with Gasteiger partial charge in [-0.3, -0.25) is 14.5 Å².